The third-order valence-corrected chi connectivity index (χ3v) is 2.47. The normalized spacial score (nSPS) is 19.6. The van der Waals surface area contributed by atoms with Crippen LogP contribution < -0.4 is 0 Å². The fraction of sp³-hybridized carbons (Fsp3) is 0.889. The second kappa shape index (κ2) is 3.78. The topological polar surface area (TPSA) is 29.5 Å². The van der Waals surface area contributed by atoms with Gasteiger partial charge in [0.25, 0.3) is 0 Å². The van der Waals surface area contributed by atoms with E-state index in [2.05, 4.69) is 0 Å². The molecule has 1 amide bonds. The van der Waals surface area contributed by atoms with Crippen LogP contribution in [0.4, 0.5) is 4.79 Å². The highest BCUT2D eigenvalue weighted by atomic mass is 16.6. The standard InChI is InChI=1S/C9H17NO2/c1-7(8-5-4-6-8)12-9(11)10(2)3/h7-8H,4-6H2,1-3H3. The SMILES string of the molecule is CC(OC(=O)N(C)C)C1CCC1. The molecule has 0 aliphatic heterocycles. The first-order valence-electron chi connectivity index (χ1n) is 4.49. The number of nitrogens with zero attached hydrogens (tertiary/aromatic N) is 1. The molecule has 1 saturated carbocycles. The van der Waals surface area contributed by atoms with Crippen LogP contribution in [-0.2, 0) is 4.74 Å². The molecule has 0 aromatic carbocycles. The van der Waals surface area contributed by atoms with E-state index in [4.69, 9.17) is 4.74 Å². The maximum atomic E-state index is 11.1. The van der Waals surface area contributed by atoms with Gasteiger partial charge in [-0.25, -0.2) is 4.79 Å². The van der Waals surface area contributed by atoms with Gasteiger partial charge in [0.2, 0.25) is 0 Å². The highest BCUT2D eigenvalue weighted by Crippen LogP contribution is 2.30. The lowest BCUT2D eigenvalue weighted by molar-refractivity contribution is 0.0297. The molecule has 1 atom stereocenters. The molecule has 1 aliphatic carbocycles. The molecule has 0 aromatic rings. The van der Waals surface area contributed by atoms with E-state index >= 15 is 0 Å². The molecule has 0 saturated heterocycles. The third-order valence-electron chi connectivity index (χ3n) is 2.47. The second-order valence-corrected chi connectivity index (χ2v) is 3.67. The minimum absolute atomic E-state index is 0.0913. The Kier molecular flexibility index (Phi) is 2.95. The Morgan fingerprint density at radius 2 is 2.08 bits per heavy atom. The molecule has 0 bridgehead atoms. The van der Waals surface area contributed by atoms with Gasteiger partial charge in [-0.3, -0.25) is 0 Å². The molecule has 70 valence electrons. The van der Waals surface area contributed by atoms with Gasteiger partial charge in [-0.15, -0.1) is 0 Å². The number of amides is 1. The molecule has 3 heteroatoms. The lowest BCUT2D eigenvalue weighted by Crippen LogP contribution is -2.33. The monoisotopic (exact) mass is 171 g/mol. The van der Waals surface area contributed by atoms with E-state index in [1.165, 1.54) is 24.2 Å². The van der Waals surface area contributed by atoms with E-state index in [0.29, 0.717) is 5.92 Å². The number of carbonyl (C=O) groups is 1. The van der Waals surface area contributed by atoms with Gasteiger partial charge in [-0.2, -0.15) is 0 Å². The average Bonchev–Trinajstić information content (AvgIpc) is 1.82. The smallest absolute Gasteiger partial charge is 0.409 e. The van der Waals surface area contributed by atoms with Crippen molar-refractivity contribution in [3.63, 3.8) is 0 Å². The molecule has 1 fully saturated rings. The van der Waals surface area contributed by atoms with Gasteiger partial charge >= 0.3 is 6.09 Å². The van der Waals surface area contributed by atoms with Gasteiger partial charge in [-0.05, 0) is 25.7 Å². The summed E-state index contributed by atoms with van der Waals surface area (Å²) < 4.78 is 5.20. The Labute approximate surface area is 73.7 Å². The van der Waals surface area contributed by atoms with Crippen molar-refractivity contribution >= 4 is 6.09 Å². The predicted molar refractivity (Wildman–Crippen MR) is 47.0 cm³/mol. The van der Waals surface area contributed by atoms with Crippen molar-refractivity contribution in [2.45, 2.75) is 32.3 Å². The van der Waals surface area contributed by atoms with Crippen molar-refractivity contribution in [1.82, 2.24) is 4.90 Å². The van der Waals surface area contributed by atoms with E-state index < -0.39 is 0 Å². The number of hydrogen-bond acceptors (Lipinski definition) is 2. The van der Waals surface area contributed by atoms with Crippen molar-refractivity contribution in [3.8, 4) is 0 Å². The molecule has 1 aliphatic rings. The Balaban J connectivity index is 2.24. The molecule has 0 N–H and O–H groups in total. The van der Waals surface area contributed by atoms with Gasteiger partial charge in [0, 0.05) is 14.1 Å². The quantitative estimate of drug-likeness (QED) is 0.634. The molecule has 1 unspecified atom stereocenters. The van der Waals surface area contributed by atoms with Crippen LogP contribution in [0.2, 0.25) is 0 Å². The maximum absolute atomic E-state index is 11.1. The van der Waals surface area contributed by atoms with Crippen LogP contribution in [0.1, 0.15) is 26.2 Å². The lowest BCUT2D eigenvalue weighted by Gasteiger charge is -2.31. The van der Waals surface area contributed by atoms with Crippen molar-refractivity contribution in [2.24, 2.45) is 5.92 Å². The van der Waals surface area contributed by atoms with E-state index in [1.54, 1.807) is 14.1 Å². The summed E-state index contributed by atoms with van der Waals surface area (Å²) in [6, 6.07) is 0. The van der Waals surface area contributed by atoms with E-state index in [0.717, 1.165) is 0 Å². The highest BCUT2D eigenvalue weighted by Gasteiger charge is 2.26. The molecule has 12 heavy (non-hydrogen) atoms. The summed E-state index contributed by atoms with van der Waals surface area (Å²) >= 11 is 0. The number of rotatable bonds is 2. The molecule has 0 aromatic heterocycles. The van der Waals surface area contributed by atoms with Crippen LogP contribution in [-0.4, -0.2) is 31.2 Å². The van der Waals surface area contributed by atoms with Gasteiger partial charge in [-0.1, -0.05) is 6.42 Å². The van der Waals surface area contributed by atoms with Crippen LogP contribution in [0, 0.1) is 5.92 Å². The first kappa shape index (κ1) is 9.36. The Bertz CT molecular complexity index is 164. The average molecular weight is 171 g/mol. The Morgan fingerprint density at radius 3 is 2.42 bits per heavy atom. The second-order valence-electron chi connectivity index (χ2n) is 3.67. The zero-order valence-electron chi connectivity index (χ0n) is 8.04. The molecular weight excluding hydrogens is 154 g/mol. The lowest BCUT2D eigenvalue weighted by atomic mass is 9.82. The maximum Gasteiger partial charge on any atom is 0.409 e. The fourth-order valence-electron chi connectivity index (χ4n) is 1.27. The van der Waals surface area contributed by atoms with Crippen LogP contribution in [0.15, 0.2) is 0 Å². The summed E-state index contributed by atoms with van der Waals surface area (Å²) in [7, 11) is 3.41. The molecule has 0 radical (unpaired) electrons. The van der Waals surface area contributed by atoms with Crippen molar-refractivity contribution in [2.75, 3.05) is 14.1 Å². The summed E-state index contributed by atoms with van der Waals surface area (Å²) in [6.07, 6.45) is 3.57. The number of carbonyl (C=O) groups excluding carboxylic acids is 1. The Morgan fingerprint density at radius 1 is 1.50 bits per heavy atom. The molecular formula is C9H17NO2. The van der Waals surface area contributed by atoms with Crippen molar-refractivity contribution < 1.29 is 9.53 Å². The van der Waals surface area contributed by atoms with Gasteiger partial charge in [0.05, 0.1) is 0 Å². The predicted octanol–water partition coefficient (Wildman–Crippen LogP) is 1.87. The Hall–Kier alpha value is -0.730. The summed E-state index contributed by atoms with van der Waals surface area (Å²) in [5, 5.41) is 0. The van der Waals surface area contributed by atoms with Gasteiger partial charge in [0.15, 0.2) is 0 Å². The van der Waals surface area contributed by atoms with Gasteiger partial charge in [0.1, 0.15) is 6.10 Å². The fourth-order valence-corrected chi connectivity index (χ4v) is 1.27. The van der Waals surface area contributed by atoms with E-state index in [9.17, 15) is 4.79 Å². The first-order valence-corrected chi connectivity index (χ1v) is 4.49. The molecule has 3 nitrogen and oxygen atoms in total. The molecule has 0 heterocycles. The zero-order chi connectivity index (χ0) is 9.14. The highest BCUT2D eigenvalue weighted by molar-refractivity contribution is 5.66. The summed E-state index contributed by atoms with van der Waals surface area (Å²) in [4.78, 5) is 12.6. The summed E-state index contributed by atoms with van der Waals surface area (Å²) in [6.45, 7) is 1.98. The third kappa shape index (κ3) is 2.13. The van der Waals surface area contributed by atoms with Crippen LogP contribution in [0.3, 0.4) is 0 Å². The minimum atomic E-state index is -0.227. The van der Waals surface area contributed by atoms with E-state index in [-0.39, 0.29) is 12.2 Å². The zero-order valence-corrected chi connectivity index (χ0v) is 8.04. The number of hydrogen-bond donors (Lipinski definition) is 0. The van der Waals surface area contributed by atoms with Crippen molar-refractivity contribution in [1.29, 1.82) is 0 Å². The van der Waals surface area contributed by atoms with E-state index in [1.807, 2.05) is 6.92 Å². The summed E-state index contributed by atoms with van der Waals surface area (Å²) in [5.41, 5.74) is 0. The van der Waals surface area contributed by atoms with Gasteiger partial charge < -0.3 is 9.64 Å². The minimum Gasteiger partial charge on any atom is -0.446 e. The summed E-state index contributed by atoms with van der Waals surface area (Å²) in [5.74, 6) is 0.605. The van der Waals surface area contributed by atoms with Crippen LogP contribution in [0.5, 0.6) is 0 Å². The number of ether oxygens (including phenoxy) is 1. The largest absolute Gasteiger partial charge is 0.446 e. The van der Waals surface area contributed by atoms with Crippen molar-refractivity contribution in [3.05, 3.63) is 0 Å². The first-order chi connectivity index (χ1) is 5.61. The molecule has 0 spiro atoms. The van der Waals surface area contributed by atoms with Crippen LogP contribution >= 0.6 is 0 Å². The molecule has 1 rings (SSSR count). The van der Waals surface area contributed by atoms with Crippen LogP contribution in [0.25, 0.3) is 0 Å².